The van der Waals surface area contributed by atoms with Crippen LogP contribution < -0.4 is 5.32 Å². The Kier molecular flexibility index (Phi) is 4.42. The van der Waals surface area contributed by atoms with Crippen LogP contribution >= 0.6 is 0 Å². The van der Waals surface area contributed by atoms with Crippen LogP contribution in [0.2, 0.25) is 0 Å². The Morgan fingerprint density at radius 2 is 2.38 bits per heavy atom. The largest absolute Gasteiger partial charge is 0.396 e. The van der Waals surface area contributed by atoms with Crippen molar-refractivity contribution in [3.63, 3.8) is 0 Å². The van der Waals surface area contributed by atoms with Gasteiger partial charge in [-0.3, -0.25) is 9.69 Å². The summed E-state index contributed by atoms with van der Waals surface area (Å²) in [5.41, 5.74) is 0. The van der Waals surface area contributed by atoms with Gasteiger partial charge in [-0.25, -0.2) is 4.68 Å². The lowest BCUT2D eigenvalue weighted by Crippen LogP contribution is -2.46. The molecule has 2 aliphatic rings. The lowest BCUT2D eigenvalue weighted by Gasteiger charge is -2.34. The quantitative estimate of drug-likeness (QED) is 0.648. The number of nitrogens with one attached hydrogen (secondary N) is 1. The van der Waals surface area contributed by atoms with E-state index in [1.807, 2.05) is 0 Å². The van der Waals surface area contributed by atoms with Crippen molar-refractivity contribution in [3.8, 4) is 0 Å². The molecule has 9 nitrogen and oxygen atoms in total. The minimum absolute atomic E-state index is 0.0834. The average Bonchev–Trinajstić information content (AvgIpc) is 3.07. The first-order valence-electron chi connectivity index (χ1n) is 7.21. The molecule has 1 aromatic rings. The smallest absolute Gasteiger partial charge is 0.242 e. The van der Waals surface area contributed by atoms with Crippen LogP contribution in [0.5, 0.6) is 0 Å². The summed E-state index contributed by atoms with van der Waals surface area (Å²) in [6, 6.07) is 0.494. The molecule has 0 radical (unpaired) electrons. The second-order valence-corrected chi connectivity index (χ2v) is 5.58. The van der Waals surface area contributed by atoms with Gasteiger partial charge in [-0.1, -0.05) is 0 Å². The van der Waals surface area contributed by atoms with Crippen molar-refractivity contribution >= 4 is 5.91 Å². The maximum absolute atomic E-state index is 11.9. The molecule has 0 unspecified atom stereocenters. The lowest BCUT2D eigenvalue weighted by atomic mass is 10.1. The number of aromatic nitrogens is 4. The van der Waals surface area contributed by atoms with Crippen LogP contribution in [0.1, 0.15) is 12.8 Å². The molecule has 2 N–H and O–H groups in total. The van der Waals surface area contributed by atoms with E-state index in [0.29, 0.717) is 19.1 Å². The van der Waals surface area contributed by atoms with Gasteiger partial charge in [0.05, 0.1) is 12.7 Å². The van der Waals surface area contributed by atoms with E-state index < -0.39 is 0 Å². The van der Waals surface area contributed by atoms with Crippen molar-refractivity contribution < 1.29 is 14.6 Å². The number of amides is 1. The summed E-state index contributed by atoms with van der Waals surface area (Å²) in [7, 11) is 0. The number of morpholine rings is 1. The fraction of sp³-hybridized carbons (Fsp3) is 0.833. The normalized spacial score (nSPS) is 29.3. The van der Waals surface area contributed by atoms with Crippen molar-refractivity contribution in [2.45, 2.75) is 37.6 Å². The van der Waals surface area contributed by atoms with Gasteiger partial charge >= 0.3 is 0 Å². The summed E-state index contributed by atoms with van der Waals surface area (Å²) in [6.07, 6.45) is 3.08. The summed E-state index contributed by atoms with van der Waals surface area (Å²) >= 11 is 0. The van der Waals surface area contributed by atoms with Crippen molar-refractivity contribution in [2.24, 2.45) is 0 Å². The standard InChI is InChI=1S/C12H20N6O3/c19-2-1-11-5-17-4-9(3-10(17)7-21-11)14-12(20)6-18-8-13-15-16-18/h8-11,19H,1-7H2,(H,14,20)/t9-,10-,11-/m0/s1. The number of aliphatic hydroxyl groups is 1. The Morgan fingerprint density at radius 3 is 3.14 bits per heavy atom. The molecule has 0 aromatic carbocycles. The number of ether oxygens (including phenoxy) is 1. The monoisotopic (exact) mass is 296 g/mol. The molecule has 0 saturated carbocycles. The van der Waals surface area contributed by atoms with E-state index >= 15 is 0 Å². The van der Waals surface area contributed by atoms with Gasteiger partial charge in [-0.05, 0) is 23.3 Å². The van der Waals surface area contributed by atoms with Gasteiger partial charge in [0.1, 0.15) is 12.9 Å². The van der Waals surface area contributed by atoms with Crippen molar-refractivity contribution in [3.05, 3.63) is 6.33 Å². The molecule has 1 aromatic heterocycles. The minimum atomic E-state index is -0.0834. The second-order valence-electron chi connectivity index (χ2n) is 5.58. The molecule has 3 atom stereocenters. The number of hydrogen-bond acceptors (Lipinski definition) is 7. The average molecular weight is 296 g/mol. The summed E-state index contributed by atoms with van der Waals surface area (Å²) in [4.78, 5) is 14.3. The zero-order valence-electron chi connectivity index (χ0n) is 11.8. The molecule has 1 amide bonds. The van der Waals surface area contributed by atoms with Crippen LogP contribution in [0.15, 0.2) is 6.33 Å². The van der Waals surface area contributed by atoms with Gasteiger partial charge in [0.2, 0.25) is 5.91 Å². The van der Waals surface area contributed by atoms with Crippen molar-refractivity contribution in [2.75, 3.05) is 26.3 Å². The third kappa shape index (κ3) is 3.55. The predicted octanol–water partition coefficient (Wildman–Crippen LogP) is -1.99. The number of nitrogens with zero attached hydrogens (tertiary/aromatic N) is 5. The summed E-state index contributed by atoms with van der Waals surface area (Å²) in [6.45, 7) is 2.61. The molecule has 0 spiro atoms. The molecule has 9 heteroatoms. The number of fused-ring (bicyclic) bond motifs is 1. The molecule has 2 saturated heterocycles. The van der Waals surface area contributed by atoms with Crippen LogP contribution in [-0.4, -0.2) is 80.6 Å². The molecule has 0 aliphatic carbocycles. The molecule has 2 aliphatic heterocycles. The van der Waals surface area contributed by atoms with Gasteiger partial charge in [-0.2, -0.15) is 0 Å². The lowest BCUT2D eigenvalue weighted by molar-refractivity contribution is -0.122. The van der Waals surface area contributed by atoms with Gasteiger partial charge in [-0.15, -0.1) is 5.10 Å². The highest BCUT2D eigenvalue weighted by atomic mass is 16.5. The molecular formula is C12H20N6O3. The van der Waals surface area contributed by atoms with E-state index in [2.05, 4.69) is 25.7 Å². The Bertz CT molecular complexity index is 468. The fourth-order valence-corrected chi connectivity index (χ4v) is 3.04. The van der Waals surface area contributed by atoms with Gasteiger partial charge in [0.15, 0.2) is 0 Å². The highest BCUT2D eigenvalue weighted by Gasteiger charge is 2.37. The second kappa shape index (κ2) is 6.46. The van der Waals surface area contributed by atoms with Crippen LogP contribution in [0.25, 0.3) is 0 Å². The van der Waals surface area contributed by atoms with E-state index in [1.165, 1.54) is 11.0 Å². The number of rotatable bonds is 5. The molecular weight excluding hydrogens is 276 g/mol. The Morgan fingerprint density at radius 1 is 1.48 bits per heavy atom. The topological polar surface area (TPSA) is 105 Å². The zero-order chi connectivity index (χ0) is 14.7. The summed E-state index contributed by atoms with van der Waals surface area (Å²) in [5.74, 6) is -0.0834. The van der Waals surface area contributed by atoms with Crippen LogP contribution in [0.3, 0.4) is 0 Å². The van der Waals surface area contributed by atoms with E-state index in [9.17, 15) is 4.79 Å². The molecule has 21 heavy (non-hydrogen) atoms. The first-order chi connectivity index (χ1) is 10.2. The summed E-state index contributed by atoms with van der Waals surface area (Å²) in [5, 5.41) is 22.7. The van der Waals surface area contributed by atoms with E-state index in [4.69, 9.17) is 9.84 Å². The molecule has 3 rings (SSSR count). The van der Waals surface area contributed by atoms with E-state index in [1.54, 1.807) is 0 Å². The fourth-order valence-electron chi connectivity index (χ4n) is 3.04. The summed E-state index contributed by atoms with van der Waals surface area (Å²) < 4.78 is 7.13. The molecule has 2 fully saturated rings. The Hall–Kier alpha value is -1.58. The Balaban J connectivity index is 1.47. The third-order valence-electron chi connectivity index (χ3n) is 4.00. The number of tetrazole rings is 1. The van der Waals surface area contributed by atoms with Crippen LogP contribution in [-0.2, 0) is 16.1 Å². The van der Waals surface area contributed by atoms with Crippen molar-refractivity contribution in [1.82, 2.24) is 30.4 Å². The highest BCUT2D eigenvalue weighted by molar-refractivity contribution is 5.75. The highest BCUT2D eigenvalue weighted by Crippen LogP contribution is 2.24. The minimum Gasteiger partial charge on any atom is -0.396 e. The molecule has 0 bridgehead atoms. The number of aliphatic hydroxyl groups excluding tert-OH is 1. The van der Waals surface area contributed by atoms with E-state index in [0.717, 1.165) is 19.5 Å². The number of carbonyl (C=O) groups is 1. The predicted molar refractivity (Wildman–Crippen MR) is 71.2 cm³/mol. The van der Waals surface area contributed by atoms with E-state index in [-0.39, 0.29) is 31.2 Å². The van der Waals surface area contributed by atoms with Gasteiger partial charge < -0.3 is 15.2 Å². The Labute approximate surface area is 122 Å². The first-order valence-corrected chi connectivity index (χ1v) is 7.21. The number of carbonyl (C=O) groups excluding carboxylic acids is 1. The first kappa shape index (κ1) is 14.4. The van der Waals surface area contributed by atoms with Crippen LogP contribution in [0, 0.1) is 0 Å². The molecule has 3 heterocycles. The number of hydrogen-bond donors (Lipinski definition) is 2. The maximum atomic E-state index is 11.9. The molecule has 116 valence electrons. The SMILES string of the molecule is O=C(Cn1cnnn1)N[C@H]1C[C@H]2CO[C@@H](CCO)CN2C1. The zero-order valence-corrected chi connectivity index (χ0v) is 11.8. The maximum Gasteiger partial charge on any atom is 0.242 e. The van der Waals surface area contributed by atoms with Gasteiger partial charge in [0.25, 0.3) is 0 Å². The third-order valence-corrected chi connectivity index (χ3v) is 4.00. The van der Waals surface area contributed by atoms with Crippen LogP contribution in [0.4, 0.5) is 0 Å². The van der Waals surface area contributed by atoms with Gasteiger partial charge in [0, 0.05) is 31.8 Å². The van der Waals surface area contributed by atoms with Crippen molar-refractivity contribution in [1.29, 1.82) is 0 Å².